The quantitative estimate of drug-likeness (QED) is 0.814. The van der Waals surface area contributed by atoms with Gasteiger partial charge in [-0.3, -0.25) is 4.79 Å². The van der Waals surface area contributed by atoms with Crippen LogP contribution in [0.4, 0.5) is 5.69 Å². The predicted octanol–water partition coefficient (Wildman–Crippen LogP) is 1.78. The van der Waals surface area contributed by atoms with Gasteiger partial charge in [-0.15, -0.1) is 0 Å². The second-order valence-corrected chi connectivity index (χ2v) is 5.45. The van der Waals surface area contributed by atoms with Gasteiger partial charge in [0.2, 0.25) is 5.91 Å². The Morgan fingerprint density at radius 3 is 2.94 bits per heavy atom. The zero-order chi connectivity index (χ0) is 12.1. The van der Waals surface area contributed by atoms with E-state index in [1.807, 2.05) is 40.9 Å². The number of nitrogens with zero attached hydrogens (tertiary/aromatic N) is 1. The van der Waals surface area contributed by atoms with Gasteiger partial charge in [0.25, 0.3) is 0 Å². The van der Waals surface area contributed by atoms with Crippen molar-refractivity contribution >= 4 is 23.4 Å². The number of carbonyl (C=O) groups excluding carboxylic acids is 1. The third-order valence-corrected chi connectivity index (χ3v) is 4.02. The molecule has 0 bridgehead atoms. The van der Waals surface area contributed by atoms with Gasteiger partial charge in [0.05, 0.1) is 6.42 Å². The number of rotatable bonds is 2. The highest BCUT2D eigenvalue weighted by atomic mass is 32.2. The molecule has 1 aliphatic heterocycles. The van der Waals surface area contributed by atoms with Gasteiger partial charge in [0.1, 0.15) is 0 Å². The average Bonchev–Trinajstić information content (AvgIpc) is 2.61. The normalized spacial score (nSPS) is 16.6. The molecule has 0 aromatic heterocycles. The number of nitrogen functional groups attached to an aromatic ring is 1. The second-order valence-electron chi connectivity index (χ2n) is 4.22. The first-order chi connectivity index (χ1) is 8.27. The monoisotopic (exact) mass is 250 g/mol. The van der Waals surface area contributed by atoms with Crippen LogP contribution in [-0.4, -0.2) is 35.4 Å². The van der Waals surface area contributed by atoms with E-state index in [2.05, 4.69) is 0 Å². The molecule has 1 fully saturated rings. The molecule has 1 saturated heterocycles. The molecule has 0 unspecified atom stereocenters. The van der Waals surface area contributed by atoms with Gasteiger partial charge in [0.15, 0.2) is 0 Å². The molecule has 0 spiro atoms. The molecule has 1 aromatic rings. The Hall–Kier alpha value is -1.16. The molecule has 4 heteroatoms. The van der Waals surface area contributed by atoms with Crippen molar-refractivity contribution in [1.82, 2.24) is 4.90 Å². The van der Waals surface area contributed by atoms with Crippen LogP contribution in [0.15, 0.2) is 24.3 Å². The van der Waals surface area contributed by atoms with E-state index in [1.165, 1.54) is 0 Å². The van der Waals surface area contributed by atoms with Crippen LogP contribution >= 0.6 is 11.8 Å². The molecule has 1 heterocycles. The van der Waals surface area contributed by atoms with Gasteiger partial charge < -0.3 is 10.6 Å². The largest absolute Gasteiger partial charge is 0.398 e. The van der Waals surface area contributed by atoms with Crippen molar-refractivity contribution in [3.05, 3.63) is 29.8 Å². The first-order valence-corrected chi connectivity index (χ1v) is 7.12. The van der Waals surface area contributed by atoms with Crippen LogP contribution in [0.2, 0.25) is 0 Å². The number of thioether (sulfide) groups is 1. The summed E-state index contributed by atoms with van der Waals surface area (Å²) < 4.78 is 0. The Balaban J connectivity index is 1.98. The van der Waals surface area contributed by atoms with E-state index in [4.69, 9.17) is 5.73 Å². The molecule has 0 atom stereocenters. The number of amides is 1. The van der Waals surface area contributed by atoms with E-state index in [-0.39, 0.29) is 5.91 Å². The highest BCUT2D eigenvalue weighted by molar-refractivity contribution is 7.99. The predicted molar refractivity (Wildman–Crippen MR) is 73.1 cm³/mol. The molecular weight excluding hydrogens is 232 g/mol. The van der Waals surface area contributed by atoms with Crippen molar-refractivity contribution in [1.29, 1.82) is 0 Å². The van der Waals surface area contributed by atoms with E-state index in [1.54, 1.807) is 0 Å². The van der Waals surface area contributed by atoms with Crippen LogP contribution in [0.25, 0.3) is 0 Å². The van der Waals surface area contributed by atoms with Gasteiger partial charge in [0, 0.05) is 24.5 Å². The summed E-state index contributed by atoms with van der Waals surface area (Å²) >= 11 is 1.93. The summed E-state index contributed by atoms with van der Waals surface area (Å²) in [5.74, 6) is 2.41. The first-order valence-electron chi connectivity index (χ1n) is 5.96. The van der Waals surface area contributed by atoms with Crippen LogP contribution in [0.3, 0.4) is 0 Å². The van der Waals surface area contributed by atoms with Crippen LogP contribution < -0.4 is 5.73 Å². The molecule has 0 saturated carbocycles. The van der Waals surface area contributed by atoms with Crippen LogP contribution in [-0.2, 0) is 11.2 Å². The van der Waals surface area contributed by atoms with E-state index >= 15 is 0 Å². The lowest BCUT2D eigenvalue weighted by Crippen LogP contribution is -2.34. The van der Waals surface area contributed by atoms with Crippen molar-refractivity contribution in [3.63, 3.8) is 0 Å². The highest BCUT2D eigenvalue weighted by Gasteiger charge is 2.16. The SMILES string of the molecule is Nc1ccccc1CC(=O)N1CCCSCC1. The third kappa shape index (κ3) is 3.40. The summed E-state index contributed by atoms with van der Waals surface area (Å²) in [6.07, 6.45) is 1.53. The van der Waals surface area contributed by atoms with Crippen LogP contribution in [0, 0.1) is 0 Å². The summed E-state index contributed by atoms with van der Waals surface area (Å²) in [5.41, 5.74) is 7.51. The Labute approximate surface area is 106 Å². The summed E-state index contributed by atoms with van der Waals surface area (Å²) in [7, 11) is 0. The number of anilines is 1. The topological polar surface area (TPSA) is 46.3 Å². The fourth-order valence-corrected chi connectivity index (χ4v) is 2.85. The second kappa shape index (κ2) is 5.96. The maximum Gasteiger partial charge on any atom is 0.227 e. The zero-order valence-electron chi connectivity index (χ0n) is 9.89. The average molecular weight is 250 g/mol. The maximum absolute atomic E-state index is 12.1. The van der Waals surface area contributed by atoms with E-state index < -0.39 is 0 Å². The Morgan fingerprint density at radius 1 is 1.29 bits per heavy atom. The number of hydrogen-bond donors (Lipinski definition) is 1. The molecule has 2 rings (SSSR count). The first kappa shape index (κ1) is 12.3. The van der Waals surface area contributed by atoms with Gasteiger partial charge in [-0.2, -0.15) is 11.8 Å². The molecule has 1 aromatic carbocycles. The van der Waals surface area contributed by atoms with Crippen molar-refractivity contribution in [2.75, 3.05) is 30.3 Å². The van der Waals surface area contributed by atoms with Crippen molar-refractivity contribution < 1.29 is 4.79 Å². The zero-order valence-corrected chi connectivity index (χ0v) is 10.7. The highest BCUT2D eigenvalue weighted by Crippen LogP contribution is 2.15. The summed E-state index contributed by atoms with van der Waals surface area (Å²) in [6, 6.07) is 7.60. The third-order valence-electron chi connectivity index (χ3n) is 2.97. The minimum absolute atomic E-state index is 0.199. The molecule has 0 aliphatic carbocycles. The number of hydrogen-bond acceptors (Lipinski definition) is 3. The molecule has 92 valence electrons. The van der Waals surface area contributed by atoms with Crippen molar-refractivity contribution in [2.24, 2.45) is 0 Å². The molecule has 0 radical (unpaired) electrons. The van der Waals surface area contributed by atoms with Crippen molar-refractivity contribution in [2.45, 2.75) is 12.8 Å². The van der Waals surface area contributed by atoms with Gasteiger partial charge in [-0.25, -0.2) is 0 Å². The Morgan fingerprint density at radius 2 is 2.12 bits per heavy atom. The minimum Gasteiger partial charge on any atom is -0.398 e. The number of para-hydroxylation sites is 1. The number of nitrogens with two attached hydrogens (primary N) is 1. The lowest BCUT2D eigenvalue weighted by Gasteiger charge is -2.20. The molecule has 2 N–H and O–H groups in total. The van der Waals surface area contributed by atoms with Gasteiger partial charge >= 0.3 is 0 Å². The Kier molecular flexibility index (Phi) is 4.31. The van der Waals surface area contributed by atoms with E-state index in [9.17, 15) is 4.79 Å². The Bertz CT molecular complexity index is 387. The fraction of sp³-hybridized carbons (Fsp3) is 0.462. The maximum atomic E-state index is 12.1. The lowest BCUT2D eigenvalue weighted by atomic mass is 10.1. The summed E-state index contributed by atoms with van der Waals surface area (Å²) in [6.45, 7) is 1.76. The molecule has 17 heavy (non-hydrogen) atoms. The van der Waals surface area contributed by atoms with Crippen LogP contribution in [0.1, 0.15) is 12.0 Å². The molecular formula is C13H18N2OS. The van der Waals surface area contributed by atoms with Gasteiger partial charge in [-0.1, -0.05) is 18.2 Å². The van der Waals surface area contributed by atoms with Gasteiger partial charge in [-0.05, 0) is 23.8 Å². The number of carbonyl (C=O) groups is 1. The molecule has 1 aliphatic rings. The molecule has 3 nitrogen and oxygen atoms in total. The number of benzene rings is 1. The van der Waals surface area contributed by atoms with Crippen LogP contribution in [0.5, 0.6) is 0 Å². The summed E-state index contributed by atoms with van der Waals surface area (Å²) in [4.78, 5) is 14.1. The minimum atomic E-state index is 0.199. The lowest BCUT2D eigenvalue weighted by molar-refractivity contribution is -0.130. The fourth-order valence-electron chi connectivity index (χ4n) is 1.97. The smallest absolute Gasteiger partial charge is 0.227 e. The summed E-state index contributed by atoms with van der Waals surface area (Å²) in [5, 5.41) is 0. The van der Waals surface area contributed by atoms with E-state index in [0.717, 1.165) is 36.6 Å². The molecule has 1 amide bonds. The standard InChI is InChI=1S/C13H18N2OS/c14-12-5-2-1-4-11(12)10-13(16)15-6-3-8-17-9-7-15/h1-2,4-5H,3,6-10,14H2. The van der Waals surface area contributed by atoms with E-state index in [0.29, 0.717) is 12.1 Å². The van der Waals surface area contributed by atoms with Crippen molar-refractivity contribution in [3.8, 4) is 0 Å².